The largest absolute Gasteiger partial charge is 0.378 e. The zero-order valence-corrected chi connectivity index (χ0v) is 12.1. The molecule has 1 aromatic carbocycles. The van der Waals surface area contributed by atoms with Gasteiger partial charge in [-0.1, -0.05) is 12.1 Å². The van der Waals surface area contributed by atoms with Gasteiger partial charge in [0.1, 0.15) is 6.04 Å². The standard InChI is InChI=1S/C14H17N3O2.ClH/c1-10(12-4-2-11(8-15)3-5-12)17-14(18)13-9-19-7-6-16-13;/h2-5,10,13,16H,6-7,9H2,1H3,(H,17,18);1H/t10-,13?;/m0./s1. The molecule has 1 amide bonds. The Morgan fingerprint density at radius 1 is 1.50 bits per heavy atom. The molecule has 1 fully saturated rings. The summed E-state index contributed by atoms with van der Waals surface area (Å²) in [6, 6.07) is 8.91. The van der Waals surface area contributed by atoms with Gasteiger partial charge in [-0.2, -0.15) is 5.26 Å². The molecule has 108 valence electrons. The fourth-order valence-corrected chi connectivity index (χ4v) is 1.98. The van der Waals surface area contributed by atoms with Crippen LogP contribution >= 0.6 is 12.4 Å². The molecule has 20 heavy (non-hydrogen) atoms. The average molecular weight is 296 g/mol. The molecule has 1 aliphatic rings. The first-order valence-electron chi connectivity index (χ1n) is 6.32. The predicted molar refractivity (Wildman–Crippen MR) is 77.6 cm³/mol. The van der Waals surface area contributed by atoms with Gasteiger partial charge in [0.05, 0.1) is 30.9 Å². The summed E-state index contributed by atoms with van der Waals surface area (Å²) >= 11 is 0. The molecular weight excluding hydrogens is 278 g/mol. The number of benzene rings is 1. The van der Waals surface area contributed by atoms with E-state index < -0.39 is 0 Å². The van der Waals surface area contributed by atoms with Gasteiger partial charge in [0.15, 0.2) is 0 Å². The van der Waals surface area contributed by atoms with E-state index in [-0.39, 0.29) is 30.4 Å². The van der Waals surface area contributed by atoms with E-state index in [1.807, 2.05) is 19.1 Å². The Bertz CT molecular complexity index is 478. The number of rotatable bonds is 3. The van der Waals surface area contributed by atoms with Crippen LogP contribution in [0.25, 0.3) is 0 Å². The lowest BCUT2D eigenvalue weighted by Gasteiger charge is -2.25. The molecule has 5 nitrogen and oxygen atoms in total. The van der Waals surface area contributed by atoms with Crippen LogP contribution in [0.15, 0.2) is 24.3 Å². The van der Waals surface area contributed by atoms with Crippen molar-refractivity contribution in [2.75, 3.05) is 19.8 Å². The predicted octanol–water partition coefficient (Wildman–Crippen LogP) is 1.15. The van der Waals surface area contributed by atoms with Gasteiger partial charge in [-0.3, -0.25) is 4.79 Å². The highest BCUT2D eigenvalue weighted by Gasteiger charge is 2.22. The summed E-state index contributed by atoms with van der Waals surface area (Å²) in [6.07, 6.45) is 0. The topological polar surface area (TPSA) is 74.2 Å². The Labute approximate surface area is 124 Å². The van der Waals surface area contributed by atoms with Gasteiger partial charge in [0, 0.05) is 6.54 Å². The smallest absolute Gasteiger partial charge is 0.240 e. The third kappa shape index (κ3) is 4.20. The minimum absolute atomic E-state index is 0. The maximum absolute atomic E-state index is 12.0. The molecule has 0 bridgehead atoms. The molecular formula is C14H18ClN3O2. The molecule has 0 radical (unpaired) electrons. The Kier molecular flexibility index (Phi) is 6.46. The summed E-state index contributed by atoms with van der Waals surface area (Å²) in [7, 11) is 0. The number of halogens is 1. The molecule has 1 saturated heterocycles. The average Bonchev–Trinajstić information content (AvgIpc) is 2.48. The van der Waals surface area contributed by atoms with Crippen molar-refractivity contribution in [3.05, 3.63) is 35.4 Å². The first kappa shape index (κ1) is 16.4. The van der Waals surface area contributed by atoms with Gasteiger partial charge in [0.2, 0.25) is 5.91 Å². The Balaban J connectivity index is 0.00000200. The van der Waals surface area contributed by atoms with Crippen LogP contribution in [0.3, 0.4) is 0 Å². The molecule has 1 unspecified atom stereocenters. The van der Waals surface area contributed by atoms with E-state index in [4.69, 9.17) is 10.00 Å². The van der Waals surface area contributed by atoms with Crippen molar-refractivity contribution in [1.29, 1.82) is 5.26 Å². The van der Waals surface area contributed by atoms with Crippen LogP contribution in [0.2, 0.25) is 0 Å². The summed E-state index contributed by atoms with van der Waals surface area (Å²) in [5, 5.41) is 14.8. The summed E-state index contributed by atoms with van der Waals surface area (Å²) in [5.74, 6) is -0.0587. The summed E-state index contributed by atoms with van der Waals surface area (Å²) in [5.41, 5.74) is 1.59. The fourth-order valence-electron chi connectivity index (χ4n) is 1.98. The minimum Gasteiger partial charge on any atom is -0.378 e. The van der Waals surface area contributed by atoms with Crippen LogP contribution in [-0.4, -0.2) is 31.7 Å². The molecule has 0 saturated carbocycles. The molecule has 6 heteroatoms. The second-order valence-electron chi connectivity index (χ2n) is 4.55. The molecule has 0 aliphatic carbocycles. The third-order valence-corrected chi connectivity index (χ3v) is 3.14. The lowest BCUT2D eigenvalue weighted by Crippen LogP contribution is -2.51. The lowest BCUT2D eigenvalue weighted by atomic mass is 10.1. The number of nitrogens with zero attached hydrogens (tertiary/aromatic N) is 1. The highest BCUT2D eigenvalue weighted by Crippen LogP contribution is 2.13. The van der Waals surface area contributed by atoms with Crippen molar-refractivity contribution in [3.8, 4) is 6.07 Å². The lowest BCUT2D eigenvalue weighted by molar-refractivity contribution is -0.126. The van der Waals surface area contributed by atoms with Crippen molar-refractivity contribution in [3.63, 3.8) is 0 Å². The second-order valence-corrected chi connectivity index (χ2v) is 4.55. The zero-order valence-electron chi connectivity index (χ0n) is 11.3. The third-order valence-electron chi connectivity index (χ3n) is 3.14. The maximum Gasteiger partial charge on any atom is 0.240 e. The van der Waals surface area contributed by atoms with Crippen LogP contribution in [0, 0.1) is 11.3 Å². The summed E-state index contributed by atoms with van der Waals surface area (Å²) in [6.45, 7) is 3.67. The molecule has 1 heterocycles. The molecule has 1 aromatic rings. The van der Waals surface area contributed by atoms with Crippen molar-refractivity contribution < 1.29 is 9.53 Å². The van der Waals surface area contributed by atoms with Crippen LogP contribution in [0.1, 0.15) is 24.1 Å². The normalized spacial score (nSPS) is 19.3. The highest BCUT2D eigenvalue weighted by molar-refractivity contribution is 5.85. The number of hydrogen-bond donors (Lipinski definition) is 2. The van der Waals surface area contributed by atoms with Gasteiger partial charge in [-0.25, -0.2) is 0 Å². The number of hydrogen-bond acceptors (Lipinski definition) is 4. The van der Waals surface area contributed by atoms with Gasteiger partial charge < -0.3 is 15.4 Å². The minimum atomic E-state index is -0.283. The van der Waals surface area contributed by atoms with Crippen molar-refractivity contribution >= 4 is 18.3 Å². The monoisotopic (exact) mass is 295 g/mol. The van der Waals surface area contributed by atoms with E-state index in [0.29, 0.717) is 25.3 Å². The van der Waals surface area contributed by atoms with E-state index in [9.17, 15) is 4.79 Å². The van der Waals surface area contributed by atoms with Gasteiger partial charge >= 0.3 is 0 Å². The zero-order chi connectivity index (χ0) is 13.7. The summed E-state index contributed by atoms with van der Waals surface area (Å²) in [4.78, 5) is 12.0. The number of carbonyl (C=O) groups excluding carboxylic acids is 1. The quantitative estimate of drug-likeness (QED) is 0.877. The van der Waals surface area contributed by atoms with E-state index in [1.165, 1.54) is 0 Å². The number of carbonyl (C=O) groups is 1. The molecule has 2 atom stereocenters. The number of amides is 1. The molecule has 0 spiro atoms. The highest BCUT2D eigenvalue weighted by atomic mass is 35.5. The molecule has 2 N–H and O–H groups in total. The van der Waals surface area contributed by atoms with Crippen molar-refractivity contribution in [2.24, 2.45) is 0 Å². The Morgan fingerprint density at radius 3 is 2.75 bits per heavy atom. The first-order chi connectivity index (χ1) is 9.20. The number of nitrogens with one attached hydrogen (secondary N) is 2. The Morgan fingerprint density at radius 2 is 2.20 bits per heavy atom. The SMILES string of the molecule is C[C@H](NC(=O)C1COCCN1)c1ccc(C#N)cc1.Cl. The van der Waals surface area contributed by atoms with E-state index in [1.54, 1.807) is 12.1 Å². The second kappa shape index (κ2) is 7.85. The van der Waals surface area contributed by atoms with E-state index in [0.717, 1.165) is 5.56 Å². The van der Waals surface area contributed by atoms with E-state index in [2.05, 4.69) is 16.7 Å². The van der Waals surface area contributed by atoms with Gasteiger partial charge in [-0.05, 0) is 24.6 Å². The fraction of sp³-hybridized carbons (Fsp3) is 0.429. The van der Waals surface area contributed by atoms with Gasteiger partial charge in [-0.15, -0.1) is 12.4 Å². The van der Waals surface area contributed by atoms with Crippen molar-refractivity contribution in [1.82, 2.24) is 10.6 Å². The maximum atomic E-state index is 12.0. The van der Waals surface area contributed by atoms with Crippen LogP contribution in [-0.2, 0) is 9.53 Å². The number of morpholine rings is 1. The molecule has 2 rings (SSSR count). The van der Waals surface area contributed by atoms with E-state index >= 15 is 0 Å². The van der Waals surface area contributed by atoms with Crippen LogP contribution < -0.4 is 10.6 Å². The van der Waals surface area contributed by atoms with Gasteiger partial charge in [0.25, 0.3) is 0 Å². The van der Waals surface area contributed by atoms with Crippen molar-refractivity contribution in [2.45, 2.75) is 19.0 Å². The number of ether oxygens (including phenoxy) is 1. The Hall–Kier alpha value is -1.61. The van der Waals surface area contributed by atoms with Crippen LogP contribution in [0.5, 0.6) is 0 Å². The first-order valence-corrected chi connectivity index (χ1v) is 6.32. The molecule has 1 aliphatic heterocycles. The molecule has 0 aromatic heterocycles. The number of nitriles is 1. The van der Waals surface area contributed by atoms with Crippen LogP contribution in [0.4, 0.5) is 0 Å². The summed E-state index contributed by atoms with van der Waals surface area (Å²) < 4.78 is 5.26.